The third-order valence-electron chi connectivity index (χ3n) is 1.99. The maximum Gasteiger partial charge on any atom is 0.187 e. The van der Waals surface area contributed by atoms with E-state index in [1.807, 2.05) is 18.6 Å². The van der Waals surface area contributed by atoms with Gasteiger partial charge in [0.25, 0.3) is 0 Å². The Morgan fingerprint density at radius 1 is 1.43 bits per heavy atom. The van der Waals surface area contributed by atoms with Crippen molar-refractivity contribution in [2.75, 3.05) is 12.8 Å². The van der Waals surface area contributed by atoms with E-state index in [1.54, 1.807) is 0 Å². The van der Waals surface area contributed by atoms with Gasteiger partial charge in [-0.15, -0.1) is 0 Å². The Hall–Kier alpha value is -1.10. The molecule has 2 rings (SSSR count). The van der Waals surface area contributed by atoms with Crippen molar-refractivity contribution in [3.63, 3.8) is 0 Å². The second kappa shape index (κ2) is 3.96. The third-order valence-corrected chi connectivity index (χ3v) is 2.57. The number of hydrogen-bond donors (Lipinski definition) is 1. The van der Waals surface area contributed by atoms with E-state index < -0.39 is 0 Å². The van der Waals surface area contributed by atoms with Crippen LogP contribution < -0.4 is 5.32 Å². The average Bonchev–Trinajstić information content (AvgIpc) is 2.65. The van der Waals surface area contributed by atoms with Gasteiger partial charge in [0.2, 0.25) is 0 Å². The van der Waals surface area contributed by atoms with Crippen LogP contribution in [-0.4, -0.2) is 34.6 Å². The fourth-order valence-corrected chi connectivity index (χ4v) is 1.59. The van der Waals surface area contributed by atoms with Crippen molar-refractivity contribution in [1.29, 1.82) is 0 Å². The van der Waals surface area contributed by atoms with Crippen molar-refractivity contribution in [2.24, 2.45) is 4.99 Å². The standard InChI is InChI=1S/C9H12N4S/c1-6-3-10-8(13-6)7-4-11-9(14-2)12-5-7/h4-6H,3H2,1-2H3,(H,10,13). The van der Waals surface area contributed by atoms with Gasteiger partial charge in [0.15, 0.2) is 5.16 Å². The van der Waals surface area contributed by atoms with E-state index in [9.17, 15) is 0 Å². The van der Waals surface area contributed by atoms with Crippen LogP contribution in [0, 0.1) is 0 Å². The fourth-order valence-electron chi connectivity index (χ4n) is 1.27. The summed E-state index contributed by atoms with van der Waals surface area (Å²) >= 11 is 1.54. The lowest BCUT2D eigenvalue weighted by molar-refractivity contribution is 0.725. The monoisotopic (exact) mass is 208 g/mol. The zero-order chi connectivity index (χ0) is 9.97. The molecule has 0 bridgehead atoms. The third kappa shape index (κ3) is 1.87. The summed E-state index contributed by atoms with van der Waals surface area (Å²) in [6, 6.07) is 0.422. The van der Waals surface area contributed by atoms with Crippen molar-refractivity contribution in [2.45, 2.75) is 18.1 Å². The van der Waals surface area contributed by atoms with Crippen LogP contribution in [0.15, 0.2) is 22.5 Å². The first kappa shape index (κ1) is 9.45. The summed E-state index contributed by atoms with van der Waals surface area (Å²) in [5.41, 5.74) is 0.965. The topological polar surface area (TPSA) is 50.2 Å². The maximum atomic E-state index is 4.36. The van der Waals surface area contributed by atoms with Crippen LogP contribution in [0.25, 0.3) is 0 Å². The lowest BCUT2D eigenvalue weighted by atomic mass is 10.3. The number of aliphatic imine (C=N–C) groups is 1. The zero-order valence-corrected chi connectivity index (χ0v) is 9.01. The molecule has 74 valence electrons. The summed E-state index contributed by atoms with van der Waals surface area (Å²) in [5, 5.41) is 4.06. The van der Waals surface area contributed by atoms with Crippen molar-refractivity contribution in [1.82, 2.24) is 15.3 Å². The van der Waals surface area contributed by atoms with Gasteiger partial charge in [0.05, 0.1) is 12.1 Å². The van der Waals surface area contributed by atoms with E-state index in [-0.39, 0.29) is 0 Å². The van der Waals surface area contributed by atoms with Gasteiger partial charge >= 0.3 is 0 Å². The van der Waals surface area contributed by atoms with Gasteiger partial charge in [0.1, 0.15) is 5.84 Å². The predicted molar refractivity (Wildman–Crippen MR) is 57.8 cm³/mol. The number of hydrogen-bond acceptors (Lipinski definition) is 5. The molecule has 0 aromatic carbocycles. The van der Waals surface area contributed by atoms with Gasteiger partial charge in [-0.2, -0.15) is 0 Å². The molecule has 0 radical (unpaired) electrons. The molecular formula is C9H12N4S. The van der Waals surface area contributed by atoms with Gasteiger partial charge in [-0.3, -0.25) is 4.99 Å². The van der Waals surface area contributed by atoms with E-state index in [0.29, 0.717) is 6.04 Å². The molecule has 0 saturated heterocycles. The average molecular weight is 208 g/mol. The number of nitrogens with one attached hydrogen (secondary N) is 1. The molecule has 1 aliphatic heterocycles. The molecule has 0 aliphatic carbocycles. The first-order valence-corrected chi connectivity index (χ1v) is 5.69. The molecule has 1 unspecified atom stereocenters. The summed E-state index contributed by atoms with van der Waals surface area (Å²) in [6.45, 7) is 2.94. The Kier molecular flexibility index (Phi) is 2.67. The largest absolute Gasteiger partial charge is 0.365 e. The molecule has 1 aliphatic rings. The van der Waals surface area contributed by atoms with Crippen molar-refractivity contribution < 1.29 is 0 Å². The zero-order valence-electron chi connectivity index (χ0n) is 8.19. The van der Waals surface area contributed by atoms with Crippen LogP contribution in [0.4, 0.5) is 0 Å². The molecule has 0 amide bonds. The summed E-state index contributed by atoms with van der Waals surface area (Å²) in [7, 11) is 0. The van der Waals surface area contributed by atoms with E-state index in [0.717, 1.165) is 23.1 Å². The molecule has 0 fully saturated rings. The number of nitrogens with zero attached hydrogens (tertiary/aromatic N) is 3. The smallest absolute Gasteiger partial charge is 0.187 e. The number of aromatic nitrogens is 2. The van der Waals surface area contributed by atoms with Crippen LogP contribution >= 0.6 is 11.8 Å². The summed E-state index contributed by atoms with van der Waals surface area (Å²) in [6.07, 6.45) is 5.58. The lowest BCUT2D eigenvalue weighted by Crippen LogP contribution is -2.27. The van der Waals surface area contributed by atoms with Gasteiger partial charge in [-0.25, -0.2) is 9.97 Å². The highest BCUT2D eigenvalue weighted by Gasteiger charge is 2.14. The minimum atomic E-state index is 0.422. The van der Waals surface area contributed by atoms with Crippen LogP contribution in [0.3, 0.4) is 0 Å². The molecule has 2 heterocycles. The second-order valence-corrected chi connectivity index (χ2v) is 3.97. The predicted octanol–water partition coefficient (Wildman–Crippen LogP) is 0.937. The number of thioether (sulfide) groups is 1. The Morgan fingerprint density at radius 2 is 2.14 bits per heavy atom. The molecule has 5 heteroatoms. The minimum Gasteiger partial charge on any atom is -0.365 e. The first-order valence-electron chi connectivity index (χ1n) is 4.47. The van der Waals surface area contributed by atoms with Crippen molar-refractivity contribution in [3.8, 4) is 0 Å². The number of rotatable bonds is 2. The Bertz CT molecular complexity index is 346. The highest BCUT2D eigenvalue weighted by Crippen LogP contribution is 2.09. The second-order valence-electron chi connectivity index (χ2n) is 3.19. The Morgan fingerprint density at radius 3 is 2.64 bits per heavy atom. The Balaban J connectivity index is 2.17. The van der Waals surface area contributed by atoms with Gasteiger partial charge < -0.3 is 5.32 Å². The summed E-state index contributed by atoms with van der Waals surface area (Å²) < 4.78 is 0. The van der Waals surface area contributed by atoms with E-state index >= 15 is 0 Å². The van der Waals surface area contributed by atoms with Crippen LogP contribution in [0.1, 0.15) is 12.5 Å². The molecule has 14 heavy (non-hydrogen) atoms. The van der Waals surface area contributed by atoms with E-state index in [1.165, 1.54) is 11.8 Å². The molecular weight excluding hydrogens is 196 g/mol. The maximum absolute atomic E-state index is 4.36. The molecule has 1 atom stereocenters. The quantitative estimate of drug-likeness (QED) is 0.580. The first-order chi connectivity index (χ1) is 6.79. The number of amidine groups is 1. The highest BCUT2D eigenvalue weighted by atomic mass is 32.2. The SMILES string of the molecule is CSc1ncc(C2=NCC(C)N2)cn1. The molecule has 4 nitrogen and oxygen atoms in total. The van der Waals surface area contributed by atoms with Gasteiger partial charge in [-0.05, 0) is 13.2 Å². The van der Waals surface area contributed by atoms with Gasteiger partial charge in [-0.1, -0.05) is 11.8 Å². The molecule has 1 aromatic heterocycles. The summed E-state index contributed by atoms with van der Waals surface area (Å²) in [4.78, 5) is 12.8. The Labute approximate surface area is 87.3 Å². The minimum absolute atomic E-state index is 0.422. The van der Waals surface area contributed by atoms with E-state index in [2.05, 4.69) is 27.2 Å². The van der Waals surface area contributed by atoms with Crippen molar-refractivity contribution >= 4 is 17.6 Å². The molecule has 1 aromatic rings. The van der Waals surface area contributed by atoms with Gasteiger partial charge in [0, 0.05) is 18.4 Å². The lowest BCUT2D eigenvalue weighted by Gasteiger charge is -2.05. The molecule has 1 N–H and O–H groups in total. The van der Waals surface area contributed by atoms with Crippen LogP contribution in [0.5, 0.6) is 0 Å². The summed E-state index contributed by atoms with van der Waals surface area (Å²) in [5.74, 6) is 0.908. The molecule has 0 spiro atoms. The molecule has 0 saturated carbocycles. The van der Waals surface area contributed by atoms with Crippen molar-refractivity contribution in [3.05, 3.63) is 18.0 Å². The van der Waals surface area contributed by atoms with Crippen LogP contribution in [-0.2, 0) is 0 Å². The van der Waals surface area contributed by atoms with E-state index in [4.69, 9.17) is 0 Å². The fraction of sp³-hybridized carbons (Fsp3) is 0.444. The highest BCUT2D eigenvalue weighted by molar-refractivity contribution is 7.98. The van der Waals surface area contributed by atoms with Crippen LogP contribution in [0.2, 0.25) is 0 Å². The normalized spacial score (nSPS) is 20.4.